The quantitative estimate of drug-likeness (QED) is 0.310. The number of carbonyl (C=O) groups is 2. The molecular formula is C30H26ClFN4O4. The van der Waals surface area contributed by atoms with Crippen molar-refractivity contribution in [3.63, 3.8) is 0 Å². The van der Waals surface area contributed by atoms with Crippen LogP contribution in [0.2, 0.25) is 5.02 Å². The molecule has 0 unspecified atom stereocenters. The lowest BCUT2D eigenvalue weighted by Crippen LogP contribution is -2.44. The molecule has 0 bridgehead atoms. The molecular weight excluding hydrogens is 535 g/mol. The molecule has 2 aliphatic rings. The zero-order valence-corrected chi connectivity index (χ0v) is 22.3. The number of halogens is 2. The van der Waals surface area contributed by atoms with Crippen molar-refractivity contribution in [2.24, 2.45) is 11.7 Å². The van der Waals surface area contributed by atoms with E-state index >= 15 is 0 Å². The summed E-state index contributed by atoms with van der Waals surface area (Å²) in [6, 6.07) is 14.2. The van der Waals surface area contributed by atoms with Gasteiger partial charge in [0.15, 0.2) is 0 Å². The second-order valence-corrected chi connectivity index (χ2v) is 11.0. The number of benzene rings is 2. The molecule has 4 aromatic rings. The Morgan fingerprint density at radius 2 is 1.98 bits per heavy atom. The zero-order chi connectivity index (χ0) is 28.2. The number of nitrogens with zero attached hydrogens (tertiary/aromatic N) is 2. The second kappa shape index (κ2) is 9.53. The molecule has 0 radical (unpaired) electrons. The molecule has 1 aliphatic heterocycles. The molecule has 0 spiro atoms. The number of nitrogens with one attached hydrogen (secondary N) is 1. The van der Waals surface area contributed by atoms with Gasteiger partial charge in [-0.2, -0.15) is 0 Å². The lowest BCUT2D eigenvalue weighted by molar-refractivity contribution is -0.123. The lowest BCUT2D eigenvalue weighted by atomic mass is 9.81. The molecule has 40 heavy (non-hydrogen) atoms. The van der Waals surface area contributed by atoms with Crippen molar-refractivity contribution in [3.8, 4) is 17.0 Å². The summed E-state index contributed by atoms with van der Waals surface area (Å²) in [7, 11) is 0. The van der Waals surface area contributed by atoms with E-state index < -0.39 is 28.6 Å². The van der Waals surface area contributed by atoms with Crippen molar-refractivity contribution in [2.75, 3.05) is 13.2 Å². The number of hydrogen-bond donors (Lipinski definition) is 3. The van der Waals surface area contributed by atoms with E-state index in [0.29, 0.717) is 44.1 Å². The number of rotatable bonds is 7. The van der Waals surface area contributed by atoms with Crippen LogP contribution in [0.15, 0.2) is 60.8 Å². The first-order chi connectivity index (χ1) is 19.1. The fraction of sp³-hybridized carbons (Fsp3) is 0.267. The van der Waals surface area contributed by atoms with Crippen LogP contribution in [0.4, 0.5) is 4.39 Å². The van der Waals surface area contributed by atoms with Crippen LogP contribution in [0.3, 0.4) is 0 Å². The van der Waals surface area contributed by atoms with Gasteiger partial charge in [0.05, 0.1) is 22.8 Å². The summed E-state index contributed by atoms with van der Waals surface area (Å²) in [4.78, 5) is 34.8. The van der Waals surface area contributed by atoms with Crippen LogP contribution in [0.25, 0.3) is 22.2 Å². The van der Waals surface area contributed by atoms with Crippen molar-refractivity contribution in [3.05, 3.63) is 88.5 Å². The molecule has 10 heteroatoms. The number of nitrogens with two attached hydrogens (primary N) is 1. The van der Waals surface area contributed by atoms with Crippen LogP contribution in [0, 0.1) is 11.7 Å². The summed E-state index contributed by atoms with van der Waals surface area (Å²) in [5.74, 6) is -1.23. The summed E-state index contributed by atoms with van der Waals surface area (Å²) >= 11 is 6.37. The van der Waals surface area contributed by atoms with E-state index in [0.717, 1.165) is 12.8 Å². The Morgan fingerprint density at radius 3 is 2.67 bits per heavy atom. The molecule has 3 heterocycles. The first kappa shape index (κ1) is 26.2. The molecule has 0 saturated heterocycles. The predicted molar refractivity (Wildman–Crippen MR) is 147 cm³/mol. The smallest absolute Gasteiger partial charge is 0.251 e. The van der Waals surface area contributed by atoms with E-state index in [4.69, 9.17) is 27.1 Å². The van der Waals surface area contributed by atoms with Crippen molar-refractivity contribution in [1.29, 1.82) is 0 Å². The number of aromatic nitrogens is 2. The van der Waals surface area contributed by atoms with Crippen molar-refractivity contribution >= 4 is 34.3 Å². The SMILES string of the molecule is C[C@]1(C(N)=O)COc2c1cc([C@@](O)(CNC(=O)c1cc(Cl)c3ncccc3c1)C1CC1)nc2-c1ccc(F)cc1. The maximum Gasteiger partial charge on any atom is 0.251 e. The monoisotopic (exact) mass is 560 g/mol. The highest BCUT2D eigenvalue weighted by atomic mass is 35.5. The number of fused-ring (bicyclic) bond motifs is 2. The highest BCUT2D eigenvalue weighted by Gasteiger charge is 2.50. The van der Waals surface area contributed by atoms with Crippen LogP contribution in [-0.2, 0) is 15.8 Å². The van der Waals surface area contributed by atoms with Crippen LogP contribution in [0.1, 0.15) is 41.4 Å². The minimum atomic E-state index is -1.55. The Kier molecular flexibility index (Phi) is 6.23. The van der Waals surface area contributed by atoms with Crippen molar-refractivity contribution in [1.82, 2.24) is 15.3 Å². The van der Waals surface area contributed by atoms with E-state index in [1.165, 1.54) is 12.1 Å². The molecule has 2 aromatic heterocycles. The molecule has 4 N–H and O–H groups in total. The van der Waals surface area contributed by atoms with Crippen molar-refractivity contribution < 1.29 is 23.8 Å². The molecule has 1 aliphatic carbocycles. The second-order valence-electron chi connectivity index (χ2n) is 10.6. The van der Waals surface area contributed by atoms with Gasteiger partial charge in [0.1, 0.15) is 34.9 Å². The van der Waals surface area contributed by atoms with Gasteiger partial charge in [-0.25, -0.2) is 9.37 Å². The Hall–Kier alpha value is -4.08. The van der Waals surface area contributed by atoms with E-state index in [1.807, 2.05) is 6.07 Å². The number of ether oxygens (including phenoxy) is 1. The Bertz CT molecular complexity index is 1680. The molecule has 6 rings (SSSR count). The summed E-state index contributed by atoms with van der Waals surface area (Å²) in [5, 5.41) is 16.0. The summed E-state index contributed by atoms with van der Waals surface area (Å²) in [6.45, 7) is 1.55. The Balaban J connectivity index is 1.39. The molecule has 2 atom stereocenters. The lowest BCUT2D eigenvalue weighted by Gasteiger charge is -2.30. The maximum atomic E-state index is 13.7. The summed E-state index contributed by atoms with van der Waals surface area (Å²) < 4.78 is 19.6. The first-order valence-electron chi connectivity index (χ1n) is 12.9. The van der Waals surface area contributed by atoms with Gasteiger partial charge in [0.25, 0.3) is 5.91 Å². The van der Waals surface area contributed by atoms with E-state index in [9.17, 15) is 19.1 Å². The minimum absolute atomic E-state index is 0.00711. The predicted octanol–water partition coefficient (Wildman–Crippen LogP) is 4.25. The summed E-state index contributed by atoms with van der Waals surface area (Å²) in [5.41, 5.74) is 5.65. The fourth-order valence-corrected chi connectivity index (χ4v) is 5.49. The van der Waals surface area contributed by atoms with Crippen LogP contribution in [0.5, 0.6) is 5.75 Å². The Labute approximate surface area is 234 Å². The highest BCUT2D eigenvalue weighted by molar-refractivity contribution is 6.35. The van der Waals surface area contributed by atoms with E-state index in [1.54, 1.807) is 49.5 Å². The van der Waals surface area contributed by atoms with Gasteiger partial charge >= 0.3 is 0 Å². The molecule has 2 amide bonds. The number of aliphatic hydroxyl groups is 1. The minimum Gasteiger partial charge on any atom is -0.489 e. The number of hydrogen-bond acceptors (Lipinski definition) is 6. The molecule has 204 valence electrons. The number of primary amides is 1. The van der Waals surface area contributed by atoms with Gasteiger partial charge in [-0.3, -0.25) is 14.6 Å². The fourth-order valence-electron chi connectivity index (χ4n) is 5.21. The van der Waals surface area contributed by atoms with Crippen molar-refractivity contribution in [2.45, 2.75) is 30.8 Å². The topological polar surface area (TPSA) is 127 Å². The third kappa shape index (κ3) is 4.35. The van der Waals surface area contributed by atoms with Gasteiger partial charge in [0.2, 0.25) is 5.91 Å². The third-order valence-corrected chi connectivity index (χ3v) is 8.16. The Morgan fingerprint density at radius 1 is 1.23 bits per heavy atom. The number of carbonyl (C=O) groups excluding carboxylic acids is 2. The molecule has 2 aromatic carbocycles. The normalized spacial score (nSPS) is 19.5. The molecule has 1 fully saturated rings. The van der Waals surface area contributed by atoms with E-state index in [2.05, 4.69) is 10.3 Å². The van der Waals surface area contributed by atoms with Gasteiger partial charge in [0, 0.05) is 28.3 Å². The van der Waals surface area contributed by atoms with Crippen LogP contribution >= 0.6 is 11.6 Å². The third-order valence-electron chi connectivity index (χ3n) is 7.87. The number of amides is 2. The van der Waals surface area contributed by atoms with E-state index in [-0.39, 0.29) is 24.8 Å². The standard InChI is InChI=1S/C30H26ClFN4O4/c1-29(28(33)38)15-40-26-21(29)13-23(36-25(26)16-4-8-20(32)9-5-16)30(39,19-6-7-19)14-35-27(37)18-11-17-3-2-10-34-24(17)22(31)12-18/h2-5,8-13,19,39H,6-7,14-15H2,1H3,(H2,33,38)(H,35,37)/t29-,30+/m0/s1. The molecule has 1 saturated carbocycles. The van der Waals surface area contributed by atoms with Gasteiger partial charge < -0.3 is 20.9 Å². The average molecular weight is 561 g/mol. The molecule has 8 nitrogen and oxygen atoms in total. The maximum absolute atomic E-state index is 13.7. The highest BCUT2D eigenvalue weighted by Crippen LogP contribution is 2.50. The van der Waals surface area contributed by atoms with Gasteiger partial charge in [-0.1, -0.05) is 17.7 Å². The van der Waals surface area contributed by atoms with Crippen LogP contribution in [-0.4, -0.2) is 40.0 Å². The average Bonchev–Trinajstić information content (AvgIpc) is 3.75. The first-order valence-corrected chi connectivity index (χ1v) is 13.3. The van der Waals surface area contributed by atoms with Crippen LogP contribution < -0.4 is 15.8 Å². The zero-order valence-electron chi connectivity index (χ0n) is 21.6. The number of pyridine rings is 2. The van der Waals surface area contributed by atoms with Gasteiger partial charge in [-0.05, 0) is 74.2 Å². The summed E-state index contributed by atoms with van der Waals surface area (Å²) in [6.07, 6.45) is 3.09. The van der Waals surface area contributed by atoms with Gasteiger partial charge in [-0.15, -0.1) is 0 Å². The largest absolute Gasteiger partial charge is 0.489 e.